The quantitative estimate of drug-likeness (QED) is 0.142. The molecule has 8 aliphatic rings. The summed E-state index contributed by atoms with van der Waals surface area (Å²) in [7, 11) is 1.23. The van der Waals surface area contributed by atoms with E-state index in [-0.39, 0.29) is 60.0 Å². The Morgan fingerprint density at radius 2 is 1.77 bits per heavy atom. The van der Waals surface area contributed by atoms with Crippen molar-refractivity contribution in [2.75, 3.05) is 26.9 Å². The average Bonchev–Trinajstić information content (AvgIpc) is 3.96. The summed E-state index contributed by atoms with van der Waals surface area (Å²) >= 11 is 0. The smallest absolute Gasteiger partial charge is 0.337 e. The predicted molar refractivity (Wildman–Crippen MR) is 162 cm³/mol. The van der Waals surface area contributed by atoms with Crippen LogP contribution in [0.2, 0.25) is 0 Å². The fourth-order valence-electron chi connectivity index (χ4n) is 12.0. The maximum Gasteiger partial charge on any atom is 0.337 e. The molecule has 7 aliphatic carbocycles. The number of aliphatic hydroxyl groups is 4. The summed E-state index contributed by atoms with van der Waals surface area (Å²) in [4.78, 5) is 53.9. The molecule has 1 aliphatic heterocycles. The number of aliphatic hydroxyl groups excluding tert-OH is 3. The topological polar surface area (TPSA) is 177 Å². The molecule has 11 nitrogen and oxygen atoms in total. The molecule has 4 N–H and O–H groups in total. The van der Waals surface area contributed by atoms with E-state index in [2.05, 4.69) is 6.92 Å². The van der Waals surface area contributed by atoms with Crippen molar-refractivity contribution in [2.24, 2.45) is 52.3 Å². The second-order valence-corrected chi connectivity index (χ2v) is 15.8. The van der Waals surface area contributed by atoms with Crippen molar-refractivity contribution in [3.63, 3.8) is 0 Å². The van der Waals surface area contributed by atoms with Crippen molar-refractivity contribution in [1.82, 2.24) is 0 Å². The number of rotatable bonds is 6. The fourth-order valence-corrected chi connectivity index (χ4v) is 12.0. The van der Waals surface area contributed by atoms with Crippen LogP contribution in [-0.2, 0) is 33.4 Å². The molecule has 12 atom stereocenters. The Kier molecular flexibility index (Phi) is 6.31. The number of methoxy groups -OCH3 is 1. The average molecular weight is 651 g/mol. The molecule has 11 heteroatoms. The first-order valence-electron chi connectivity index (χ1n) is 16.7. The van der Waals surface area contributed by atoms with E-state index in [1.807, 2.05) is 6.92 Å². The molecule has 0 aromatic heterocycles. The molecule has 47 heavy (non-hydrogen) atoms. The Morgan fingerprint density at radius 3 is 2.43 bits per heavy atom. The second kappa shape index (κ2) is 9.52. The highest BCUT2D eigenvalue weighted by Gasteiger charge is 2.84. The molecule has 0 saturated heterocycles. The van der Waals surface area contributed by atoms with Crippen LogP contribution in [0.1, 0.15) is 53.4 Å². The second-order valence-electron chi connectivity index (χ2n) is 15.8. The monoisotopic (exact) mass is 650 g/mol. The third-order valence-corrected chi connectivity index (χ3v) is 14.2. The first-order chi connectivity index (χ1) is 22.2. The number of hydrogen-bond donors (Lipinski definition) is 4. The van der Waals surface area contributed by atoms with Gasteiger partial charge in [0.2, 0.25) is 0 Å². The van der Waals surface area contributed by atoms with Gasteiger partial charge in [-0.1, -0.05) is 19.4 Å². The lowest BCUT2D eigenvalue weighted by molar-refractivity contribution is -0.191. The van der Waals surface area contributed by atoms with Gasteiger partial charge in [-0.25, -0.2) is 14.4 Å². The van der Waals surface area contributed by atoms with Crippen LogP contribution in [0.4, 0.5) is 0 Å². The van der Waals surface area contributed by atoms with E-state index in [0.29, 0.717) is 24.0 Å². The zero-order chi connectivity index (χ0) is 33.7. The van der Waals surface area contributed by atoms with Crippen LogP contribution < -0.4 is 0 Å². The summed E-state index contributed by atoms with van der Waals surface area (Å²) in [5.41, 5.74) is -1.21. The highest BCUT2D eigenvalue weighted by molar-refractivity contribution is 6.09. The molecular formula is C36H42O11. The van der Waals surface area contributed by atoms with E-state index >= 15 is 0 Å². The highest BCUT2D eigenvalue weighted by atomic mass is 16.6. The van der Waals surface area contributed by atoms with Crippen molar-refractivity contribution in [3.8, 4) is 0 Å². The largest absolute Gasteiger partial charge is 0.466 e. The standard InChI is InChI=1S/C36H42O11/c1-14(11-37)6-25(39)46-13-35(44)22-9-21(22)33(3)23(35)10-20-18(12-38)32(43)47-36(20)24(33)8-17-16-7-19(16)34(4)27(17)28(36)26(29(40)30(34)41)15(2)31(42)45-5/h6,16,19,21-24,28,30,37-38,41,44H,7-13H2,1-5H3/b14-6+,26-15-/t16-,19-,21-,22+,23-,24+,28+,30+,33+,34+,35+,36+/m1/s1. The lowest BCUT2D eigenvalue weighted by Gasteiger charge is -2.63. The molecule has 0 radical (unpaired) electrons. The van der Waals surface area contributed by atoms with Crippen LogP contribution in [0.15, 0.2) is 45.1 Å². The minimum atomic E-state index is -1.43. The SMILES string of the molecule is COC(=O)/C(C)=C1\C(=O)[C@H](O)[C@]2(C)C3=C(C[C@@H]4[C@]5(OC(=O)C(CO)=C5C[C@H]5[C@](O)(COC(=O)/C=C(\C)CO)[C@H]6C[C@H]6[C@]45C)[C@H]31)[C@H]1C[C@H]12. The van der Waals surface area contributed by atoms with Crippen LogP contribution in [0.3, 0.4) is 0 Å². The Hall–Kier alpha value is -3.12. The Morgan fingerprint density at radius 1 is 1.04 bits per heavy atom. The van der Waals surface area contributed by atoms with Crippen molar-refractivity contribution < 1.29 is 53.8 Å². The molecule has 0 aromatic carbocycles. The van der Waals surface area contributed by atoms with Gasteiger partial charge >= 0.3 is 17.9 Å². The number of hydrogen-bond acceptors (Lipinski definition) is 11. The van der Waals surface area contributed by atoms with Gasteiger partial charge in [-0.05, 0) is 85.3 Å². The summed E-state index contributed by atoms with van der Waals surface area (Å²) in [6.07, 6.45) is 2.02. The lowest BCUT2D eigenvalue weighted by atomic mass is 9.42. The van der Waals surface area contributed by atoms with E-state index < -0.39 is 76.2 Å². The summed E-state index contributed by atoms with van der Waals surface area (Å²) < 4.78 is 17.3. The molecule has 1 spiro atoms. The van der Waals surface area contributed by atoms with Crippen LogP contribution in [-0.4, -0.2) is 88.4 Å². The number of ketones is 1. The molecule has 0 amide bonds. The van der Waals surface area contributed by atoms with E-state index in [9.17, 15) is 39.6 Å². The normalized spacial score (nSPS) is 47.7. The molecule has 0 aromatic rings. The van der Waals surface area contributed by atoms with Crippen molar-refractivity contribution in [3.05, 3.63) is 45.1 Å². The van der Waals surface area contributed by atoms with Crippen LogP contribution in [0.5, 0.6) is 0 Å². The third-order valence-electron chi connectivity index (χ3n) is 14.2. The maximum atomic E-state index is 14.4. The van der Waals surface area contributed by atoms with Gasteiger partial charge in [0, 0.05) is 34.5 Å². The molecule has 252 valence electrons. The number of carbonyl (C=O) groups excluding carboxylic acids is 4. The Bertz CT molecular complexity index is 1700. The zero-order valence-corrected chi connectivity index (χ0v) is 27.3. The van der Waals surface area contributed by atoms with E-state index in [0.717, 1.165) is 17.6 Å². The van der Waals surface area contributed by atoms with Gasteiger partial charge in [0.25, 0.3) is 0 Å². The Labute approximate surface area is 272 Å². The van der Waals surface area contributed by atoms with Gasteiger partial charge < -0.3 is 34.6 Å². The summed E-state index contributed by atoms with van der Waals surface area (Å²) in [5, 5.41) is 44.2. The number of Topliss-reactive ketones (excluding diaryl/α,β-unsaturated/α-hetero) is 1. The molecule has 8 rings (SSSR count). The van der Waals surface area contributed by atoms with E-state index in [4.69, 9.17) is 14.2 Å². The molecule has 1 heterocycles. The minimum Gasteiger partial charge on any atom is -0.466 e. The lowest BCUT2D eigenvalue weighted by Crippen LogP contribution is -2.67. The first-order valence-corrected chi connectivity index (χ1v) is 16.7. The molecular weight excluding hydrogens is 608 g/mol. The van der Waals surface area contributed by atoms with Crippen molar-refractivity contribution >= 4 is 23.7 Å². The molecule has 0 bridgehead atoms. The van der Waals surface area contributed by atoms with Gasteiger partial charge in [0.15, 0.2) is 5.78 Å². The summed E-state index contributed by atoms with van der Waals surface area (Å²) in [6.45, 7) is 5.98. The van der Waals surface area contributed by atoms with E-state index in [1.165, 1.54) is 20.1 Å². The predicted octanol–water partition coefficient (Wildman–Crippen LogP) is 1.48. The Balaban J connectivity index is 1.34. The van der Waals surface area contributed by atoms with Gasteiger partial charge in [-0.15, -0.1) is 0 Å². The zero-order valence-electron chi connectivity index (χ0n) is 27.3. The van der Waals surface area contributed by atoms with Crippen LogP contribution in [0.25, 0.3) is 0 Å². The molecule has 5 saturated carbocycles. The molecule has 0 unspecified atom stereocenters. The van der Waals surface area contributed by atoms with Gasteiger partial charge in [-0.2, -0.15) is 0 Å². The number of ether oxygens (including phenoxy) is 3. The van der Waals surface area contributed by atoms with Gasteiger partial charge in [0.1, 0.15) is 23.9 Å². The van der Waals surface area contributed by atoms with Crippen molar-refractivity contribution in [1.29, 1.82) is 0 Å². The number of allylic oxidation sites excluding steroid dienone is 1. The third kappa shape index (κ3) is 3.46. The minimum absolute atomic E-state index is 0.00942. The van der Waals surface area contributed by atoms with Gasteiger partial charge in [-0.3, -0.25) is 4.79 Å². The first kappa shape index (κ1) is 31.2. The van der Waals surface area contributed by atoms with Crippen LogP contribution in [0, 0.1) is 52.3 Å². The van der Waals surface area contributed by atoms with Gasteiger partial charge in [0.05, 0.1) is 31.8 Å². The fraction of sp³-hybridized carbons (Fsp3) is 0.667. The van der Waals surface area contributed by atoms with E-state index in [1.54, 1.807) is 6.92 Å². The number of carbonyl (C=O) groups is 4. The summed E-state index contributed by atoms with van der Waals surface area (Å²) in [6, 6.07) is 0. The van der Waals surface area contributed by atoms with Crippen LogP contribution >= 0.6 is 0 Å². The maximum absolute atomic E-state index is 14.4. The number of esters is 3. The number of fused-ring (bicyclic) bond motifs is 7. The molecule has 5 fully saturated rings. The highest BCUT2D eigenvalue weighted by Crippen LogP contribution is 2.83. The van der Waals surface area contributed by atoms with Crippen molar-refractivity contribution in [2.45, 2.75) is 70.7 Å². The summed E-state index contributed by atoms with van der Waals surface area (Å²) in [5.74, 6) is -4.38.